The smallest absolute Gasteiger partial charge is 0.105 e. The highest BCUT2D eigenvalue weighted by atomic mass is 19.1. The zero-order valence-electron chi connectivity index (χ0n) is 8.36. The lowest BCUT2D eigenvalue weighted by molar-refractivity contribution is 0.208. The summed E-state index contributed by atoms with van der Waals surface area (Å²) in [6, 6.07) is 4.45. The SMILES string of the molecule is CN1C(CF)CCC1c1cccnc1. The molecule has 2 unspecified atom stereocenters. The van der Waals surface area contributed by atoms with Gasteiger partial charge in [0.15, 0.2) is 0 Å². The topological polar surface area (TPSA) is 16.1 Å². The minimum absolute atomic E-state index is 0.0974. The molecule has 0 aromatic carbocycles. The quantitative estimate of drug-likeness (QED) is 0.717. The Bertz CT molecular complexity index is 289. The molecule has 1 aliphatic heterocycles. The molecule has 0 N–H and O–H groups in total. The lowest BCUT2D eigenvalue weighted by Crippen LogP contribution is -2.28. The van der Waals surface area contributed by atoms with Gasteiger partial charge in [-0.25, -0.2) is 4.39 Å². The van der Waals surface area contributed by atoms with Crippen LogP contribution in [0.1, 0.15) is 24.4 Å². The van der Waals surface area contributed by atoms with Crippen LogP contribution < -0.4 is 0 Å². The second-order valence-electron chi connectivity index (χ2n) is 3.85. The Labute approximate surface area is 83.8 Å². The van der Waals surface area contributed by atoms with Crippen molar-refractivity contribution < 1.29 is 4.39 Å². The average Bonchev–Trinajstić information content (AvgIpc) is 2.61. The van der Waals surface area contributed by atoms with Gasteiger partial charge in [0, 0.05) is 24.5 Å². The third-order valence-electron chi connectivity index (χ3n) is 3.09. The van der Waals surface area contributed by atoms with Crippen LogP contribution in [0.15, 0.2) is 24.5 Å². The lowest BCUT2D eigenvalue weighted by Gasteiger charge is -2.23. The minimum Gasteiger partial charge on any atom is -0.294 e. The Hall–Kier alpha value is -0.960. The van der Waals surface area contributed by atoms with Crippen molar-refractivity contribution in [1.29, 1.82) is 0 Å². The zero-order chi connectivity index (χ0) is 9.97. The highest BCUT2D eigenvalue weighted by Gasteiger charge is 2.31. The molecule has 2 heterocycles. The molecule has 0 spiro atoms. The van der Waals surface area contributed by atoms with Crippen LogP contribution in [-0.4, -0.2) is 29.6 Å². The van der Waals surface area contributed by atoms with E-state index in [-0.39, 0.29) is 12.7 Å². The van der Waals surface area contributed by atoms with E-state index in [1.807, 2.05) is 19.3 Å². The van der Waals surface area contributed by atoms with Crippen LogP contribution in [0.3, 0.4) is 0 Å². The van der Waals surface area contributed by atoms with Gasteiger partial charge in [0.05, 0.1) is 0 Å². The highest BCUT2D eigenvalue weighted by molar-refractivity contribution is 5.15. The molecule has 3 heteroatoms. The van der Waals surface area contributed by atoms with Gasteiger partial charge in [0.1, 0.15) is 6.67 Å². The Morgan fingerprint density at radius 2 is 2.43 bits per heavy atom. The molecule has 0 amide bonds. The molecule has 2 nitrogen and oxygen atoms in total. The van der Waals surface area contributed by atoms with Crippen molar-refractivity contribution in [2.45, 2.75) is 24.9 Å². The summed E-state index contributed by atoms with van der Waals surface area (Å²) in [5.74, 6) is 0. The Kier molecular flexibility index (Phi) is 2.77. The van der Waals surface area contributed by atoms with Crippen molar-refractivity contribution in [1.82, 2.24) is 9.88 Å². The number of hydrogen-bond donors (Lipinski definition) is 0. The van der Waals surface area contributed by atoms with Crippen LogP contribution >= 0.6 is 0 Å². The zero-order valence-corrected chi connectivity index (χ0v) is 8.36. The Morgan fingerprint density at radius 3 is 3.00 bits per heavy atom. The van der Waals surface area contributed by atoms with Crippen molar-refractivity contribution >= 4 is 0 Å². The maximum absolute atomic E-state index is 12.6. The minimum atomic E-state index is -0.243. The van der Waals surface area contributed by atoms with Gasteiger partial charge in [-0.05, 0) is 31.5 Å². The lowest BCUT2D eigenvalue weighted by atomic mass is 10.1. The average molecular weight is 194 g/mol. The van der Waals surface area contributed by atoms with Gasteiger partial charge in [-0.2, -0.15) is 0 Å². The van der Waals surface area contributed by atoms with Crippen molar-refractivity contribution in [3.8, 4) is 0 Å². The van der Waals surface area contributed by atoms with E-state index in [1.54, 1.807) is 6.20 Å². The summed E-state index contributed by atoms with van der Waals surface area (Å²) < 4.78 is 12.6. The first-order valence-electron chi connectivity index (χ1n) is 5.00. The Balaban J connectivity index is 2.14. The van der Waals surface area contributed by atoms with Gasteiger partial charge in [0.2, 0.25) is 0 Å². The molecular weight excluding hydrogens is 179 g/mol. The van der Waals surface area contributed by atoms with E-state index in [2.05, 4.69) is 16.0 Å². The van der Waals surface area contributed by atoms with Crippen LogP contribution in [-0.2, 0) is 0 Å². The first-order chi connectivity index (χ1) is 6.83. The number of likely N-dealkylation sites (tertiary alicyclic amines) is 1. The molecule has 0 saturated carbocycles. The second kappa shape index (κ2) is 4.05. The summed E-state index contributed by atoms with van der Waals surface area (Å²) in [4.78, 5) is 6.22. The number of alkyl halides is 1. The third-order valence-corrected chi connectivity index (χ3v) is 3.09. The van der Waals surface area contributed by atoms with Crippen molar-refractivity contribution in [3.63, 3.8) is 0 Å². The standard InChI is InChI=1S/C11H15FN2/c1-14-10(7-12)4-5-11(14)9-3-2-6-13-8-9/h2-3,6,8,10-11H,4-5,7H2,1H3. The van der Waals surface area contributed by atoms with Crippen LogP contribution in [0.4, 0.5) is 4.39 Å². The number of pyridine rings is 1. The fourth-order valence-electron chi connectivity index (χ4n) is 2.17. The molecule has 76 valence electrons. The van der Waals surface area contributed by atoms with Gasteiger partial charge in [-0.15, -0.1) is 0 Å². The first kappa shape index (κ1) is 9.59. The maximum atomic E-state index is 12.6. The van der Waals surface area contributed by atoms with E-state index in [0.717, 1.165) is 12.8 Å². The Morgan fingerprint density at radius 1 is 1.57 bits per heavy atom. The summed E-state index contributed by atoms with van der Waals surface area (Å²) in [6.45, 7) is -0.243. The normalized spacial score (nSPS) is 28.1. The van der Waals surface area contributed by atoms with Crippen LogP contribution in [0.2, 0.25) is 0 Å². The molecule has 2 atom stereocenters. The van der Waals surface area contributed by atoms with E-state index in [0.29, 0.717) is 6.04 Å². The summed E-state index contributed by atoms with van der Waals surface area (Å²) in [7, 11) is 1.99. The van der Waals surface area contributed by atoms with Crippen molar-refractivity contribution in [2.75, 3.05) is 13.7 Å². The summed E-state index contributed by atoms with van der Waals surface area (Å²) >= 11 is 0. The van der Waals surface area contributed by atoms with Gasteiger partial charge >= 0.3 is 0 Å². The number of nitrogens with zero attached hydrogens (tertiary/aromatic N) is 2. The monoisotopic (exact) mass is 194 g/mol. The molecule has 0 bridgehead atoms. The van der Waals surface area contributed by atoms with Crippen LogP contribution in [0, 0.1) is 0 Å². The van der Waals surface area contributed by atoms with E-state index < -0.39 is 0 Å². The van der Waals surface area contributed by atoms with Gasteiger partial charge in [-0.1, -0.05) is 6.07 Å². The van der Waals surface area contributed by atoms with Gasteiger partial charge < -0.3 is 0 Å². The highest BCUT2D eigenvalue weighted by Crippen LogP contribution is 2.34. The number of hydrogen-bond acceptors (Lipinski definition) is 2. The van der Waals surface area contributed by atoms with Gasteiger partial charge in [0.25, 0.3) is 0 Å². The van der Waals surface area contributed by atoms with Crippen LogP contribution in [0.5, 0.6) is 0 Å². The summed E-state index contributed by atoms with van der Waals surface area (Å²) in [5.41, 5.74) is 1.20. The molecule has 0 aliphatic carbocycles. The van der Waals surface area contributed by atoms with E-state index in [4.69, 9.17) is 0 Å². The number of rotatable bonds is 2. The van der Waals surface area contributed by atoms with E-state index >= 15 is 0 Å². The fraction of sp³-hybridized carbons (Fsp3) is 0.545. The van der Waals surface area contributed by atoms with Crippen molar-refractivity contribution in [2.24, 2.45) is 0 Å². The molecule has 1 aromatic heterocycles. The molecule has 1 fully saturated rings. The molecule has 14 heavy (non-hydrogen) atoms. The summed E-state index contributed by atoms with van der Waals surface area (Å²) in [5, 5.41) is 0. The second-order valence-corrected chi connectivity index (χ2v) is 3.85. The number of aromatic nitrogens is 1. The molecule has 0 radical (unpaired) electrons. The fourth-order valence-corrected chi connectivity index (χ4v) is 2.17. The molecular formula is C11H15FN2. The molecule has 1 aliphatic rings. The van der Waals surface area contributed by atoms with E-state index in [9.17, 15) is 4.39 Å². The van der Waals surface area contributed by atoms with Gasteiger partial charge in [-0.3, -0.25) is 9.88 Å². The maximum Gasteiger partial charge on any atom is 0.105 e. The summed E-state index contributed by atoms with van der Waals surface area (Å²) in [6.07, 6.45) is 5.64. The predicted molar refractivity (Wildman–Crippen MR) is 53.7 cm³/mol. The third kappa shape index (κ3) is 1.64. The van der Waals surface area contributed by atoms with Crippen LogP contribution in [0.25, 0.3) is 0 Å². The first-order valence-corrected chi connectivity index (χ1v) is 5.00. The predicted octanol–water partition coefficient (Wildman–Crippen LogP) is 2.19. The largest absolute Gasteiger partial charge is 0.294 e. The molecule has 1 saturated heterocycles. The number of halogens is 1. The van der Waals surface area contributed by atoms with Crippen molar-refractivity contribution in [3.05, 3.63) is 30.1 Å². The van der Waals surface area contributed by atoms with E-state index in [1.165, 1.54) is 5.56 Å². The molecule has 1 aromatic rings. The molecule has 2 rings (SSSR count).